The second-order valence-corrected chi connectivity index (χ2v) is 7.09. The van der Waals surface area contributed by atoms with E-state index in [-0.39, 0.29) is 11.3 Å². The SMILES string of the molecule is C=CCOc1ccccc1C1SCC(=O)N1Cc1nc2ccccc2[nH]1. The van der Waals surface area contributed by atoms with Crippen LogP contribution >= 0.6 is 11.8 Å². The number of thioether (sulfide) groups is 1. The third-order valence-corrected chi connectivity index (χ3v) is 5.51. The Bertz CT molecular complexity index is 920. The lowest BCUT2D eigenvalue weighted by molar-refractivity contribution is -0.128. The largest absolute Gasteiger partial charge is 0.489 e. The Morgan fingerprint density at radius 2 is 2.08 bits per heavy atom. The van der Waals surface area contributed by atoms with Crippen molar-refractivity contribution in [2.24, 2.45) is 0 Å². The van der Waals surface area contributed by atoms with Crippen LogP contribution in [0.5, 0.6) is 5.75 Å². The van der Waals surface area contributed by atoms with E-state index in [1.807, 2.05) is 53.4 Å². The number of fused-ring (bicyclic) bond motifs is 1. The summed E-state index contributed by atoms with van der Waals surface area (Å²) in [6, 6.07) is 15.7. The van der Waals surface area contributed by atoms with Crippen LogP contribution in [0.3, 0.4) is 0 Å². The number of hydrogen-bond donors (Lipinski definition) is 1. The molecule has 1 N–H and O–H groups in total. The van der Waals surface area contributed by atoms with Gasteiger partial charge in [-0.15, -0.1) is 11.8 Å². The molecule has 132 valence electrons. The van der Waals surface area contributed by atoms with E-state index in [4.69, 9.17) is 4.74 Å². The first-order valence-corrected chi connectivity index (χ1v) is 9.48. The van der Waals surface area contributed by atoms with Gasteiger partial charge in [0.05, 0.1) is 23.3 Å². The summed E-state index contributed by atoms with van der Waals surface area (Å²) < 4.78 is 5.79. The average molecular weight is 365 g/mol. The second-order valence-electron chi connectivity index (χ2n) is 6.02. The Kier molecular flexibility index (Phi) is 4.67. The molecule has 4 rings (SSSR count). The number of aromatic amines is 1. The smallest absolute Gasteiger partial charge is 0.234 e. The molecule has 0 aliphatic carbocycles. The molecule has 1 aromatic heterocycles. The van der Waals surface area contributed by atoms with Crippen LogP contribution in [0.2, 0.25) is 0 Å². The lowest BCUT2D eigenvalue weighted by Crippen LogP contribution is -2.28. The van der Waals surface area contributed by atoms with Crippen molar-refractivity contribution in [1.29, 1.82) is 0 Å². The van der Waals surface area contributed by atoms with Gasteiger partial charge in [0.15, 0.2) is 0 Å². The van der Waals surface area contributed by atoms with Gasteiger partial charge >= 0.3 is 0 Å². The van der Waals surface area contributed by atoms with E-state index in [2.05, 4.69) is 16.5 Å². The van der Waals surface area contributed by atoms with Crippen LogP contribution in [0.15, 0.2) is 61.2 Å². The van der Waals surface area contributed by atoms with Crippen LogP contribution in [0.25, 0.3) is 11.0 Å². The Balaban J connectivity index is 1.62. The minimum Gasteiger partial charge on any atom is -0.489 e. The highest BCUT2D eigenvalue weighted by molar-refractivity contribution is 8.00. The molecule has 2 heterocycles. The van der Waals surface area contributed by atoms with Crippen molar-refractivity contribution < 1.29 is 9.53 Å². The van der Waals surface area contributed by atoms with Gasteiger partial charge in [-0.2, -0.15) is 0 Å². The van der Waals surface area contributed by atoms with Gasteiger partial charge in [-0.05, 0) is 18.2 Å². The molecule has 6 heteroatoms. The first-order chi connectivity index (χ1) is 12.8. The first kappa shape index (κ1) is 16.7. The highest BCUT2D eigenvalue weighted by atomic mass is 32.2. The van der Waals surface area contributed by atoms with E-state index in [1.54, 1.807) is 17.8 Å². The molecule has 1 atom stereocenters. The van der Waals surface area contributed by atoms with Crippen LogP contribution in [0, 0.1) is 0 Å². The Hall–Kier alpha value is -2.73. The molecule has 3 aromatic rings. The summed E-state index contributed by atoms with van der Waals surface area (Å²) in [5, 5.41) is -0.0864. The standard InChI is InChI=1S/C20H19N3O2S/c1-2-11-25-17-10-6-3-7-14(17)20-23(19(24)13-26-20)12-18-21-15-8-4-5-9-16(15)22-18/h2-10,20H,1,11-13H2,(H,21,22). The minimum atomic E-state index is -0.0864. The molecular weight excluding hydrogens is 346 g/mol. The topological polar surface area (TPSA) is 58.2 Å². The van der Waals surface area contributed by atoms with Crippen molar-refractivity contribution in [3.05, 3.63) is 72.6 Å². The number of nitrogens with zero attached hydrogens (tertiary/aromatic N) is 2. The molecule has 0 spiro atoms. The number of amides is 1. The van der Waals surface area contributed by atoms with Crippen LogP contribution < -0.4 is 4.74 Å². The molecule has 5 nitrogen and oxygen atoms in total. The van der Waals surface area contributed by atoms with Gasteiger partial charge < -0.3 is 14.6 Å². The molecule has 1 fully saturated rings. The zero-order chi connectivity index (χ0) is 17.9. The summed E-state index contributed by atoms with van der Waals surface area (Å²) in [4.78, 5) is 22.3. The molecule has 0 saturated carbocycles. The summed E-state index contributed by atoms with van der Waals surface area (Å²) in [6.45, 7) is 4.58. The lowest BCUT2D eigenvalue weighted by Gasteiger charge is -2.25. The molecule has 1 amide bonds. The number of para-hydroxylation sites is 3. The number of benzene rings is 2. The van der Waals surface area contributed by atoms with Gasteiger partial charge in [-0.3, -0.25) is 4.79 Å². The Morgan fingerprint density at radius 3 is 2.92 bits per heavy atom. The maximum Gasteiger partial charge on any atom is 0.234 e. The zero-order valence-electron chi connectivity index (χ0n) is 14.2. The number of nitrogens with one attached hydrogen (secondary N) is 1. The lowest BCUT2D eigenvalue weighted by atomic mass is 10.2. The number of imidazole rings is 1. The monoisotopic (exact) mass is 365 g/mol. The third-order valence-electron chi connectivity index (χ3n) is 4.27. The summed E-state index contributed by atoms with van der Waals surface area (Å²) >= 11 is 1.61. The second kappa shape index (κ2) is 7.25. The van der Waals surface area contributed by atoms with E-state index < -0.39 is 0 Å². The highest BCUT2D eigenvalue weighted by Gasteiger charge is 2.35. The fraction of sp³-hybridized carbons (Fsp3) is 0.200. The third kappa shape index (κ3) is 3.20. The molecule has 1 unspecified atom stereocenters. The Labute approximate surface area is 156 Å². The molecule has 0 bridgehead atoms. The van der Waals surface area contributed by atoms with Crippen molar-refractivity contribution in [2.75, 3.05) is 12.4 Å². The van der Waals surface area contributed by atoms with Crippen molar-refractivity contribution in [2.45, 2.75) is 11.9 Å². The fourth-order valence-electron chi connectivity index (χ4n) is 3.09. The summed E-state index contributed by atoms with van der Waals surface area (Å²) in [5.74, 6) is 2.14. The van der Waals surface area contributed by atoms with Gasteiger partial charge in [0, 0.05) is 5.56 Å². The molecule has 2 aromatic carbocycles. The molecule has 1 saturated heterocycles. The van der Waals surface area contributed by atoms with Gasteiger partial charge in [-0.25, -0.2) is 4.98 Å². The zero-order valence-corrected chi connectivity index (χ0v) is 15.0. The number of rotatable bonds is 6. The summed E-state index contributed by atoms with van der Waals surface area (Å²) in [5.41, 5.74) is 2.89. The average Bonchev–Trinajstić information content (AvgIpc) is 3.24. The van der Waals surface area contributed by atoms with Crippen molar-refractivity contribution in [1.82, 2.24) is 14.9 Å². The maximum absolute atomic E-state index is 12.5. The van der Waals surface area contributed by atoms with Crippen molar-refractivity contribution >= 4 is 28.7 Å². The molecule has 26 heavy (non-hydrogen) atoms. The molecule has 1 aliphatic heterocycles. The number of carbonyl (C=O) groups is 1. The van der Waals surface area contributed by atoms with Gasteiger partial charge in [0.25, 0.3) is 0 Å². The molecule has 1 aliphatic rings. The van der Waals surface area contributed by atoms with E-state index >= 15 is 0 Å². The van der Waals surface area contributed by atoms with E-state index in [0.29, 0.717) is 18.9 Å². The predicted molar refractivity (Wildman–Crippen MR) is 104 cm³/mol. The maximum atomic E-state index is 12.5. The normalized spacial score (nSPS) is 17.0. The highest BCUT2D eigenvalue weighted by Crippen LogP contribution is 2.43. The van der Waals surface area contributed by atoms with Crippen molar-refractivity contribution in [3.63, 3.8) is 0 Å². The van der Waals surface area contributed by atoms with E-state index in [9.17, 15) is 4.79 Å². The van der Waals surface area contributed by atoms with Gasteiger partial charge in [-0.1, -0.05) is 43.0 Å². The quantitative estimate of drug-likeness (QED) is 0.673. The first-order valence-electron chi connectivity index (χ1n) is 8.43. The number of H-pyrrole nitrogens is 1. The van der Waals surface area contributed by atoms with Crippen LogP contribution in [0.4, 0.5) is 0 Å². The summed E-state index contributed by atoms with van der Waals surface area (Å²) in [6.07, 6.45) is 1.72. The van der Waals surface area contributed by atoms with Gasteiger partial charge in [0.2, 0.25) is 5.91 Å². The number of ether oxygens (including phenoxy) is 1. The molecular formula is C20H19N3O2S. The van der Waals surface area contributed by atoms with E-state index in [1.165, 1.54) is 0 Å². The van der Waals surface area contributed by atoms with Crippen LogP contribution in [-0.4, -0.2) is 33.1 Å². The fourth-order valence-corrected chi connectivity index (χ4v) is 4.30. The number of carbonyl (C=O) groups excluding carboxylic acids is 1. The van der Waals surface area contributed by atoms with Crippen molar-refractivity contribution in [3.8, 4) is 5.75 Å². The van der Waals surface area contributed by atoms with E-state index in [0.717, 1.165) is 28.2 Å². The predicted octanol–water partition coefficient (Wildman–Crippen LogP) is 3.90. The van der Waals surface area contributed by atoms with Crippen LogP contribution in [0.1, 0.15) is 16.8 Å². The summed E-state index contributed by atoms with van der Waals surface area (Å²) in [7, 11) is 0. The number of hydrogen-bond acceptors (Lipinski definition) is 4. The number of aromatic nitrogens is 2. The molecule has 0 radical (unpaired) electrons. The van der Waals surface area contributed by atoms with Crippen LogP contribution in [-0.2, 0) is 11.3 Å². The minimum absolute atomic E-state index is 0.0864. The van der Waals surface area contributed by atoms with Gasteiger partial charge in [0.1, 0.15) is 23.6 Å². The Morgan fingerprint density at radius 1 is 1.27 bits per heavy atom.